The highest BCUT2D eigenvalue weighted by Gasteiger charge is 2.59. The molecule has 2 fully saturated rings. The van der Waals surface area contributed by atoms with Crippen LogP contribution in [0.4, 0.5) is 11.4 Å². The molecule has 3 aromatic carbocycles. The summed E-state index contributed by atoms with van der Waals surface area (Å²) in [7, 11) is 0. The van der Waals surface area contributed by atoms with Gasteiger partial charge in [0.15, 0.2) is 6.10 Å². The number of carbonyl (C=O) groups excluding carboxylic acids is 2. The van der Waals surface area contributed by atoms with Crippen LogP contribution >= 0.6 is 0 Å². The molecule has 0 unspecified atom stereocenters. The van der Waals surface area contributed by atoms with E-state index in [4.69, 9.17) is 4.84 Å². The molecule has 0 radical (unpaired) electrons. The van der Waals surface area contributed by atoms with E-state index in [1.54, 1.807) is 12.1 Å². The number of amides is 2. The van der Waals surface area contributed by atoms with E-state index >= 15 is 0 Å². The monoisotopic (exact) mass is 443 g/mol. The predicted molar refractivity (Wildman–Crippen MR) is 120 cm³/mol. The van der Waals surface area contributed by atoms with E-state index in [2.05, 4.69) is 0 Å². The molecule has 0 aromatic heterocycles. The third kappa shape index (κ3) is 3.64. The summed E-state index contributed by atoms with van der Waals surface area (Å²) in [6.45, 7) is 2.13. The van der Waals surface area contributed by atoms with Crippen LogP contribution in [0.25, 0.3) is 0 Å². The SMILES string of the molecule is Cc1ccc([C@@H]2[C@H]3C(=O)N(Cc4ccccc4)C(=O)[C@H]3ON2c2cccc([N+](=O)[O-])c2)cc1. The van der Waals surface area contributed by atoms with Crippen LogP contribution in [0.1, 0.15) is 22.7 Å². The number of aryl methyl sites for hydroxylation is 1. The molecule has 2 saturated heterocycles. The van der Waals surface area contributed by atoms with Crippen molar-refractivity contribution in [2.75, 3.05) is 5.06 Å². The molecule has 8 nitrogen and oxygen atoms in total. The maximum absolute atomic E-state index is 13.5. The molecule has 0 bridgehead atoms. The zero-order valence-corrected chi connectivity index (χ0v) is 17.8. The molecule has 2 amide bonds. The van der Waals surface area contributed by atoms with Gasteiger partial charge in [0, 0.05) is 12.1 Å². The van der Waals surface area contributed by atoms with Crippen LogP contribution in [0, 0.1) is 23.0 Å². The molecule has 0 N–H and O–H groups in total. The highest BCUT2D eigenvalue weighted by atomic mass is 16.7. The highest BCUT2D eigenvalue weighted by Crippen LogP contribution is 2.47. The van der Waals surface area contributed by atoms with Gasteiger partial charge < -0.3 is 0 Å². The number of imide groups is 1. The Morgan fingerprint density at radius 1 is 0.939 bits per heavy atom. The lowest BCUT2D eigenvalue weighted by molar-refractivity contribution is -0.384. The van der Waals surface area contributed by atoms with Crippen molar-refractivity contribution in [3.8, 4) is 0 Å². The fourth-order valence-corrected chi connectivity index (χ4v) is 4.46. The molecule has 33 heavy (non-hydrogen) atoms. The van der Waals surface area contributed by atoms with Crippen molar-refractivity contribution < 1.29 is 19.3 Å². The maximum Gasteiger partial charge on any atom is 0.271 e. The van der Waals surface area contributed by atoms with Gasteiger partial charge in [-0.3, -0.25) is 29.4 Å². The minimum atomic E-state index is -0.994. The van der Waals surface area contributed by atoms with Crippen LogP contribution in [0.2, 0.25) is 0 Å². The summed E-state index contributed by atoms with van der Waals surface area (Å²) in [6, 6.07) is 22.4. The van der Waals surface area contributed by atoms with Crippen LogP contribution in [-0.2, 0) is 21.0 Å². The molecule has 2 aliphatic rings. The van der Waals surface area contributed by atoms with Crippen molar-refractivity contribution in [2.24, 2.45) is 5.92 Å². The molecular weight excluding hydrogens is 422 g/mol. The number of nitrogens with zero attached hydrogens (tertiary/aromatic N) is 3. The molecule has 5 rings (SSSR count). The maximum atomic E-state index is 13.5. The zero-order chi connectivity index (χ0) is 23.1. The molecule has 0 saturated carbocycles. The Morgan fingerprint density at radius 3 is 2.36 bits per heavy atom. The Morgan fingerprint density at radius 2 is 1.67 bits per heavy atom. The fourth-order valence-electron chi connectivity index (χ4n) is 4.46. The summed E-state index contributed by atoms with van der Waals surface area (Å²) >= 11 is 0. The van der Waals surface area contributed by atoms with Gasteiger partial charge in [-0.1, -0.05) is 66.2 Å². The number of anilines is 1. The molecule has 2 heterocycles. The van der Waals surface area contributed by atoms with Crippen molar-refractivity contribution in [2.45, 2.75) is 25.6 Å². The number of non-ortho nitro benzene ring substituents is 1. The quantitative estimate of drug-likeness (QED) is 0.337. The average Bonchev–Trinajstić information content (AvgIpc) is 3.32. The van der Waals surface area contributed by atoms with E-state index in [0.717, 1.165) is 16.7 Å². The van der Waals surface area contributed by atoms with Crippen molar-refractivity contribution >= 4 is 23.2 Å². The Balaban J connectivity index is 1.54. The van der Waals surface area contributed by atoms with Gasteiger partial charge >= 0.3 is 0 Å². The number of fused-ring (bicyclic) bond motifs is 1. The second kappa shape index (κ2) is 8.14. The Kier molecular flexibility index (Phi) is 5.14. The van der Waals surface area contributed by atoms with Crippen LogP contribution in [0.15, 0.2) is 78.9 Å². The number of hydrogen-bond donors (Lipinski definition) is 0. The second-order valence-electron chi connectivity index (χ2n) is 8.26. The van der Waals surface area contributed by atoms with E-state index in [0.29, 0.717) is 5.69 Å². The summed E-state index contributed by atoms with van der Waals surface area (Å²) in [4.78, 5) is 44.8. The van der Waals surface area contributed by atoms with Gasteiger partial charge in [0.2, 0.25) is 5.91 Å². The summed E-state index contributed by atoms with van der Waals surface area (Å²) < 4.78 is 0. The molecule has 2 aliphatic heterocycles. The van der Waals surface area contributed by atoms with Gasteiger partial charge in [-0.2, -0.15) is 0 Å². The summed E-state index contributed by atoms with van der Waals surface area (Å²) in [5, 5.41) is 12.8. The second-order valence-corrected chi connectivity index (χ2v) is 8.26. The summed E-state index contributed by atoms with van der Waals surface area (Å²) in [5.74, 6) is -1.48. The molecular formula is C25H21N3O5. The van der Waals surface area contributed by atoms with Crippen molar-refractivity contribution in [1.82, 2.24) is 4.90 Å². The number of carbonyl (C=O) groups is 2. The van der Waals surface area contributed by atoms with Gasteiger partial charge in [-0.25, -0.2) is 5.06 Å². The average molecular weight is 443 g/mol. The van der Waals surface area contributed by atoms with E-state index < -0.39 is 28.9 Å². The Bertz CT molecular complexity index is 1230. The van der Waals surface area contributed by atoms with Gasteiger partial charge in [0.1, 0.15) is 5.92 Å². The molecule has 3 atom stereocenters. The first-order valence-corrected chi connectivity index (χ1v) is 10.6. The first kappa shape index (κ1) is 20.8. The number of nitro groups is 1. The molecule has 0 spiro atoms. The van der Waals surface area contributed by atoms with E-state index in [1.165, 1.54) is 22.1 Å². The normalized spacial score (nSPS) is 22.0. The van der Waals surface area contributed by atoms with Crippen LogP contribution in [-0.4, -0.2) is 27.7 Å². The van der Waals surface area contributed by atoms with Gasteiger partial charge in [0.25, 0.3) is 11.6 Å². The first-order chi connectivity index (χ1) is 15.9. The third-order valence-electron chi connectivity index (χ3n) is 6.10. The fraction of sp³-hybridized carbons (Fsp3) is 0.200. The minimum Gasteiger partial charge on any atom is -0.275 e. The van der Waals surface area contributed by atoms with Crippen molar-refractivity contribution in [3.63, 3.8) is 0 Å². The minimum absolute atomic E-state index is 0.0980. The zero-order valence-electron chi connectivity index (χ0n) is 17.8. The largest absolute Gasteiger partial charge is 0.275 e. The van der Waals surface area contributed by atoms with Crippen molar-refractivity contribution in [1.29, 1.82) is 0 Å². The smallest absolute Gasteiger partial charge is 0.271 e. The Hall–Kier alpha value is -4.04. The number of rotatable bonds is 5. The predicted octanol–water partition coefficient (Wildman–Crippen LogP) is 3.95. The number of benzene rings is 3. The molecule has 3 aromatic rings. The highest BCUT2D eigenvalue weighted by molar-refractivity contribution is 6.07. The standard InChI is InChI=1S/C25H21N3O5/c1-16-10-12-18(13-11-16)22-21-23(33-27(22)19-8-5-9-20(14-19)28(31)32)25(30)26(24(21)29)15-17-6-3-2-4-7-17/h2-14,21-23H,15H2,1H3/t21-,22-,23+/m1/s1. The number of likely N-dealkylation sites (tertiary alicyclic amines) is 1. The summed E-state index contributed by atoms with van der Waals surface area (Å²) in [6.07, 6.45) is -0.994. The van der Waals surface area contributed by atoms with E-state index in [1.807, 2.05) is 61.5 Å². The Labute approximate surface area is 190 Å². The number of nitro benzene ring substituents is 1. The lowest BCUT2D eigenvalue weighted by Crippen LogP contribution is -2.37. The number of hydroxylamine groups is 1. The van der Waals surface area contributed by atoms with E-state index in [9.17, 15) is 19.7 Å². The van der Waals surface area contributed by atoms with Crippen LogP contribution in [0.5, 0.6) is 0 Å². The molecule has 8 heteroatoms. The topological polar surface area (TPSA) is 93.0 Å². The summed E-state index contributed by atoms with van der Waals surface area (Å²) in [5.41, 5.74) is 3.01. The first-order valence-electron chi connectivity index (χ1n) is 10.6. The molecule has 0 aliphatic carbocycles. The van der Waals surface area contributed by atoms with Gasteiger partial charge in [-0.15, -0.1) is 0 Å². The lowest BCUT2D eigenvalue weighted by atomic mass is 9.90. The van der Waals surface area contributed by atoms with Crippen molar-refractivity contribution in [3.05, 3.63) is 106 Å². The lowest BCUT2D eigenvalue weighted by Gasteiger charge is -2.28. The number of hydrogen-bond acceptors (Lipinski definition) is 6. The molecule has 166 valence electrons. The van der Waals surface area contributed by atoms with Gasteiger partial charge in [-0.05, 0) is 24.1 Å². The van der Waals surface area contributed by atoms with Crippen LogP contribution in [0.3, 0.4) is 0 Å². The van der Waals surface area contributed by atoms with E-state index in [-0.39, 0.29) is 18.1 Å². The van der Waals surface area contributed by atoms with Gasteiger partial charge in [0.05, 0.1) is 23.2 Å². The van der Waals surface area contributed by atoms with Crippen LogP contribution < -0.4 is 5.06 Å². The third-order valence-corrected chi connectivity index (χ3v) is 6.10.